The summed E-state index contributed by atoms with van der Waals surface area (Å²) in [5.74, 6) is -0.0667. The van der Waals surface area contributed by atoms with Crippen molar-refractivity contribution in [2.75, 3.05) is 13.2 Å². The van der Waals surface area contributed by atoms with Gasteiger partial charge in [0, 0.05) is 12.8 Å². The number of ether oxygens (including phenoxy) is 1. The summed E-state index contributed by atoms with van der Waals surface area (Å²) in [5.41, 5.74) is 0. The maximum atomic E-state index is 12.5. The highest BCUT2D eigenvalue weighted by Crippen LogP contribution is 2.18. The van der Waals surface area contributed by atoms with Crippen molar-refractivity contribution in [1.82, 2.24) is 5.32 Å². The second kappa shape index (κ2) is 53.5. The van der Waals surface area contributed by atoms with Crippen LogP contribution in [0.2, 0.25) is 0 Å². The Bertz CT molecular complexity index is 898. The summed E-state index contributed by atoms with van der Waals surface area (Å²) < 4.78 is 5.48. The lowest BCUT2D eigenvalue weighted by Gasteiger charge is -2.22. The number of rotatable bonds is 54. The fourth-order valence-corrected chi connectivity index (χ4v) is 9.23. The smallest absolute Gasteiger partial charge is 0.305 e. The molecule has 63 heavy (non-hydrogen) atoms. The highest BCUT2D eigenvalue weighted by Gasteiger charge is 2.20. The number of hydrogen-bond acceptors (Lipinski definition) is 5. The number of amides is 1. The third-order valence-corrected chi connectivity index (χ3v) is 13.7. The molecule has 0 aromatic rings. The van der Waals surface area contributed by atoms with Crippen molar-refractivity contribution in [3.05, 3.63) is 0 Å². The molecule has 0 aromatic carbocycles. The van der Waals surface area contributed by atoms with Crippen molar-refractivity contribution in [2.24, 2.45) is 0 Å². The van der Waals surface area contributed by atoms with Crippen LogP contribution in [0.4, 0.5) is 0 Å². The van der Waals surface area contributed by atoms with E-state index in [0.717, 1.165) is 57.8 Å². The number of esters is 1. The Balaban J connectivity index is 3.44. The molecule has 0 aliphatic rings. The van der Waals surface area contributed by atoms with Crippen molar-refractivity contribution >= 4 is 11.9 Å². The van der Waals surface area contributed by atoms with E-state index in [9.17, 15) is 19.8 Å². The highest BCUT2D eigenvalue weighted by atomic mass is 16.5. The minimum Gasteiger partial charge on any atom is -0.466 e. The predicted molar refractivity (Wildman–Crippen MR) is 274 cm³/mol. The van der Waals surface area contributed by atoms with Crippen LogP contribution < -0.4 is 5.32 Å². The quantitative estimate of drug-likeness (QED) is 0.0418. The monoisotopic (exact) mass is 892 g/mol. The molecule has 6 heteroatoms. The Hall–Kier alpha value is -1.14. The topological polar surface area (TPSA) is 95.9 Å². The molecule has 0 aliphatic heterocycles. The van der Waals surface area contributed by atoms with Gasteiger partial charge in [-0.1, -0.05) is 290 Å². The van der Waals surface area contributed by atoms with E-state index >= 15 is 0 Å². The minimum atomic E-state index is -0.678. The van der Waals surface area contributed by atoms with E-state index in [-0.39, 0.29) is 18.5 Å². The van der Waals surface area contributed by atoms with Gasteiger partial charge in [0.1, 0.15) is 0 Å². The Morgan fingerprint density at radius 3 is 0.968 bits per heavy atom. The standard InChI is InChI=1S/C57H113NO5/c1-3-5-7-9-11-13-15-17-19-21-23-25-27-29-33-37-41-45-49-55(60)54(53-59)58-56(61)50-46-42-38-34-31-32-36-40-44-48-52-63-57(62)51-47-43-39-35-30-28-26-24-22-20-18-16-14-12-10-8-6-4-2/h54-55,59-60H,3-53H2,1-2H3,(H,58,61). The molecule has 0 radical (unpaired) electrons. The second-order valence-electron chi connectivity index (χ2n) is 20.0. The van der Waals surface area contributed by atoms with Crippen LogP contribution >= 0.6 is 0 Å². The van der Waals surface area contributed by atoms with E-state index in [0.29, 0.717) is 25.9 Å². The van der Waals surface area contributed by atoms with Gasteiger partial charge in [0.15, 0.2) is 0 Å². The van der Waals surface area contributed by atoms with Crippen molar-refractivity contribution in [3.8, 4) is 0 Å². The fourth-order valence-electron chi connectivity index (χ4n) is 9.23. The Morgan fingerprint density at radius 2 is 0.651 bits per heavy atom. The van der Waals surface area contributed by atoms with Crippen LogP contribution in [0, 0.1) is 0 Å². The SMILES string of the molecule is CCCCCCCCCCCCCCCCCCCCC(=O)OCCCCCCCCCCCCC(=O)NC(CO)C(O)CCCCCCCCCCCCCCCCCCCC. The van der Waals surface area contributed by atoms with Crippen molar-refractivity contribution < 1.29 is 24.5 Å². The average molecular weight is 893 g/mol. The molecule has 2 atom stereocenters. The zero-order chi connectivity index (χ0) is 45.8. The van der Waals surface area contributed by atoms with Crippen molar-refractivity contribution in [3.63, 3.8) is 0 Å². The number of carbonyl (C=O) groups is 2. The summed E-state index contributed by atoms with van der Waals surface area (Å²) in [7, 11) is 0. The fraction of sp³-hybridized carbons (Fsp3) is 0.965. The molecule has 0 fully saturated rings. The average Bonchev–Trinajstić information content (AvgIpc) is 3.28. The van der Waals surface area contributed by atoms with E-state index in [2.05, 4.69) is 19.2 Å². The summed E-state index contributed by atoms with van der Waals surface area (Å²) in [6.07, 6.45) is 60.9. The molecule has 376 valence electrons. The molecule has 2 unspecified atom stereocenters. The number of hydrogen-bond donors (Lipinski definition) is 3. The molecule has 0 aliphatic carbocycles. The van der Waals surface area contributed by atoms with Gasteiger partial charge in [0.25, 0.3) is 0 Å². The first-order valence-corrected chi connectivity index (χ1v) is 28.8. The molecule has 0 bridgehead atoms. The summed E-state index contributed by atoms with van der Waals surface area (Å²) in [4.78, 5) is 24.6. The lowest BCUT2D eigenvalue weighted by molar-refractivity contribution is -0.143. The van der Waals surface area contributed by atoms with Gasteiger partial charge in [0.2, 0.25) is 5.91 Å². The van der Waals surface area contributed by atoms with E-state index in [1.807, 2.05) is 0 Å². The van der Waals surface area contributed by atoms with Crippen LogP contribution in [0.1, 0.15) is 328 Å². The van der Waals surface area contributed by atoms with Crippen LogP contribution in [0.15, 0.2) is 0 Å². The van der Waals surface area contributed by atoms with Gasteiger partial charge in [-0.25, -0.2) is 0 Å². The molecule has 6 nitrogen and oxygen atoms in total. The number of aliphatic hydroxyl groups excluding tert-OH is 2. The molecule has 0 spiro atoms. The van der Waals surface area contributed by atoms with Gasteiger partial charge in [-0.3, -0.25) is 9.59 Å². The zero-order valence-corrected chi connectivity index (χ0v) is 42.8. The Morgan fingerprint density at radius 1 is 0.381 bits per heavy atom. The minimum absolute atomic E-state index is 0.0131. The van der Waals surface area contributed by atoms with E-state index in [1.54, 1.807) is 0 Å². The van der Waals surface area contributed by atoms with Crippen LogP contribution in [-0.2, 0) is 14.3 Å². The highest BCUT2D eigenvalue weighted by molar-refractivity contribution is 5.76. The molecule has 3 N–H and O–H groups in total. The number of aliphatic hydroxyl groups is 2. The molecule has 1 amide bonds. The van der Waals surface area contributed by atoms with Crippen molar-refractivity contribution in [2.45, 2.75) is 341 Å². The van der Waals surface area contributed by atoms with Crippen LogP contribution in [0.3, 0.4) is 0 Å². The van der Waals surface area contributed by atoms with Gasteiger partial charge in [-0.15, -0.1) is 0 Å². The molecular formula is C57H113NO5. The summed E-state index contributed by atoms with van der Waals surface area (Å²) in [5, 5.41) is 23.3. The Kier molecular flexibility index (Phi) is 52.5. The normalized spacial score (nSPS) is 12.5. The molecule has 0 aromatic heterocycles. The van der Waals surface area contributed by atoms with Crippen LogP contribution in [0.25, 0.3) is 0 Å². The van der Waals surface area contributed by atoms with Gasteiger partial charge in [-0.05, 0) is 25.7 Å². The summed E-state index contributed by atoms with van der Waals surface area (Å²) in [6.45, 7) is 4.94. The largest absolute Gasteiger partial charge is 0.466 e. The first-order valence-electron chi connectivity index (χ1n) is 28.8. The van der Waals surface area contributed by atoms with E-state index in [4.69, 9.17) is 4.74 Å². The molecule has 0 saturated carbocycles. The third kappa shape index (κ3) is 50.1. The zero-order valence-electron chi connectivity index (χ0n) is 42.8. The Labute approximate surface area is 394 Å². The number of carbonyl (C=O) groups excluding carboxylic acids is 2. The van der Waals surface area contributed by atoms with E-state index < -0.39 is 12.1 Å². The molecular weight excluding hydrogens is 779 g/mol. The number of unbranched alkanes of at least 4 members (excludes halogenated alkanes) is 43. The first kappa shape index (κ1) is 61.9. The third-order valence-electron chi connectivity index (χ3n) is 13.7. The van der Waals surface area contributed by atoms with Gasteiger partial charge in [-0.2, -0.15) is 0 Å². The van der Waals surface area contributed by atoms with Gasteiger partial charge < -0.3 is 20.3 Å². The predicted octanol–water partition coefficient (Wildman–Crippen LogP) is 17.5. The van der Waals surface area contributed by atoms with Crippen molar-refractivity contribution in [1.29, 1.82) is 0 Å². The molecule has 0 rings (SSSR count). The van der Waals surface area contributed by atoms with Gasteiger partial charge >= 0.3 is 5.97 Å². The first-order chi connectivity index (χ1) is 31.0. The lowest BCUT2D eigenvalue weighted by Crippen LogP contribution is -2.45. The molecule has 0 heterocycles. The van der Waals surface area contributed by atoms with Crippen LogP contribution in [-0.4, -0.2) is 47.4 Å². The van der Waals surface area contributed by atoms with E-state index in [1.165, 1.54) is 238 Å². The maximum Gasteiger partial charge on any atom is 0.305 e. The summed E-state index contributed by atoms with van der Waals surface area (Å²) >= 11 is 0. The number of nitrogens with one attached hydrogen (secondary N) is 1. The maximum absolute atomic E-state index is 12.5. The van der Waals surface area contributed by atoms with Gasteiger partial charge in [0.05, 0.1) is 25.4 Å². The second-order valence-corrected chi connectivity index (χ2v) is 20.0. The summed E-state index contributed by atoms with van der Waals surface area (Å²) in [6, 6.07) is -0.557. The molecule has 0 saturated heterocycles. The lowest BCUT2D eigenvalue weighted by atomic mass is 10.0. The van der Waals surface area contributed by atoms with Crippen LogP contribution in [0.5, 0.6) is 0 Å².